The van der Waals surface area contributed by atoms with Gasteiger partial charge in [-0.25, -0.2) is 4.98 Å². The number of aromatic nitrogens is 3. The summed E-state index contributed by atoms with van der Waals surface area (Å²) in [7, 11) is 3.80. The van der Waals surface area contributed by atoms with Crippen LogP contribution < -0.4 is 15.5 Å². The van der Waals surface area contributed by atoms with Gasteiger partial charge >= 0.3 is 0 Å². The van der Waals surface area contributed by atoms with Crippen LogP contribution in [0.5, 0.6) is 0 Å². The molecule has 0 radical (unpaired) electrons. The number of hydrogen-bond donors (Lipinski definition) is 2. The summed E-state index contributed by atoms with van der Waals surface area (Å²) in [6, 6.07) is 17.9. The number of anilines is 5. The molecule has 2 aromatic carbocycles. The molecule has 33 heavy (non-hydrogen) atoms. The van der Waals surface area contributed by atoms with Crippen molar-refractivity contribution in [3.05, 3.63) is 72.6 Å². The lowest BCUT2D eigenvalue weighted by atomic mass is 10.1. The van der Waals surface area contributed by atoms with E-state index in [9.17, 15) is 4.79 Å². The molecule has 0 aliphatic carbocycles. The molecule has 0 saturated carbocycles. The van der Waals surface area contributed by atoms with Crippen molar-refractivity contribution in [3.63, 3.8) is 0 Å². The molecule has 0 atom stereocenters. The van der Waals surface area contributed by atoms with E-state index in [0.29, 0.717) is 24.9 Å². The van der Waals surface area contributed by atoms with E-state index in [2.05, 4.69) is 31.7 Å². The van der Waals surface area contributed by atoms with Gasteiger partial charge in [-0.3, -0.25) is 9.78 Å². The Labute approximate surface area is 192 Å². The molecule has 0 spiro atoms. The number of likely N-dealkylation sites (N-methyl/N-ethyl adjacent to an activating group) is 1. The fourth-order valence-corrected chi connectivity index (χ4v) is 3.98. The van der Waals surface area contributed by atoms with Crippen LogP contribution in [0.1, 0.15) is 5.56 Å². The molecule has 0 unspecified atom stereocenters. The van der Waals surface area contributed by atoms with Gasteiger partial charge in [-0.1, -0.05) is 24.3 Å². The first-order valence-corrected chi connectivity index (χ1v) is 10.8. The van der Waals surface area contributed by atoms with Gasteiger partial charge in [0.1, 0.15) is 5.82 Å². The Morgan fingerprint density at radius 1 is 1.03 bits per heavy atom. The fraction of sp³-hybridized carbons (Fsp3) is 0.200. The van der Waals surface area contributed by atoms with Crippen LogP contribution in [0, 0.1) is 0 Å². The molecule has 0 saturated heterocycles. The molecule has 5 rings (SSSR count). The summed E-state index contributed by atoms with van der Waals surface area (Å²) in [5.41, 5.74) is 4.76. The molecule has 4 aromatic rings. The van der Waals surface area contributed by atoms with Crippen molar-refractivity contribution in [1.29, 1.82) is 0 Å². The number of para-hydroxylation sites is 1. The van der Waals surface area contributed by atoms with E-state index in [1.165, 1.54) is 5.56 Å². The van der Waals surface area contributed by atoms with E-state index in [4.69, 9.17) is 0 Å². The number of benzene rings is 2. The summed E-state index contributed by atoms with van der Waals surface area (Å²) in [4.78, 5) is 29.8. The molecule has 8 nitrogen and oxygen atoms in total. The van der Waals surface area contributed by atoms with Crippen molar-refractivity contribution < 1.29 is 4.79 Å². The Kier molecular flexibility index (Phi) is 5.58. The van der Waals surface area contributed by atoms with E-state index in [0.717, 1.165) is 34.4 Å². The van der Waals surface area contributed by atoms with E-state index in [-0.39, 0.29) is 5.91 Å². The van der Waals surface area contributed by atoms with Gasteiger partial charge in [-0.15, -0.1) is 0 Å². The minimum Gasteiger partial charge on any atom is -0.339 e. The Hall–Kier alpha value is -4.04. The Morgan fingerprint density at radius 2 is 1.91 bits per heavy atom. The molecule has 2 N–H and O–H groups in total. The van der Waals surface area contributed by atoms with Crippen LogP contribution in [0.3, 0.4) is 0 Å². The fourth-order valence-electron chi connectivity index (χ4n) is 3.98. The van der Waals surface area contributed by atoms with Crippen LogP contribution >= 0.6 is 0 Å². The third-order valence-corrected chi connectivity index (χ3v) is 5.51. The van der Waals surface area contributed by atoms with Crippen LogP contribution in [0.2, 0.25) is 0 Å². The van der Waals surface area contributed by atoms with Crippen molar-refractivity contribution >= 4 is 45.6 Å². The molecular formula is C25H25N7O. The van der Waals surface area contributed by atoms with E-state index in [1.807, 2.05) is 72.4 Å². The van der Waals surface area contributed by atoms with Crippen LogP contribution in [-0.2, 0) is 11.2 Å². The highest BCUT2D eigenvalue weighted by atomic mass is 16.2. The van der Waals surface area contributed by atoms with Crippen LogP contribution in [-0.4, -0.2) is 52.9 Å². The first-order chi connectivity index (χ1) is 16.0. The molecule has 2 aromatic heterocycles. The molecular weight excluding hydrogens is 414 g/mol. The summed E-state index contributed by atoms with van der Waals surface area (Å²) in [6.07, 6.45) is 4.36. The highest BCUT2D eigenvalue weighted by Crippen LogP contribution is 2.32. The third kappa shape index (κ3) is 4.61. The van der Waals surface area contributed by atoms with Crippen molar-refractivity contribution in [2.24, 2.45) is 0 Å². The minimum atomic E-state index is 0.0994. The highest BCUT2D eigenvalue weighted by molar-refractivity contribution is 5.97. The average Bonchev–Trinajstić information content (AvgIpc) is 3.22. The Morgan fingerprint density at radius 3 is 2.79 bits per heavy atom. The van der Waals surface area contributed by atoms with Gasteiger partial charge in [0.05, 0.1) is 23.9 Å². The number of fused-ring (bicyclic) bond motifs is 2. The van der Waals surface area contributed by atoms with Crippen molar-refractivity contribution in [2.45, 2.75) is 6.42 Å². The SMILES string of the molecule is CN(C)CC(=O)N1CCc2ccc(Nc3nccc(Nc4cnc5ccccc5c4)n3)cc21. The summed E-state index contributed by atoms with van der Waals surface area (Å²) < 4.78 is 0. The maximum absolute atomic E-state index is 12.6. The van der Waals surface area contributed by atoms with Crippen molar-refractivity contribution in [3.8, 4) is 0 Å². The van der Waals surface area contributed by atoms with Gasteiger partial charge in [0, 0.05) is 29.5 Å². The van der Waals surface area contributed by atoms with Gasteiger partial charge in [-0.2, -0.15) is 4.98 Å². The smallest absolute Gasteiger partial charge is 0.241 e. The molecule has 0 bridgehead atoms. The number of nitrogens with one attached hydrogen (secondary N) is 2. The number of amides is 1. The van der Waals surface area contributed by atoms with Crippen LogP contribution in [0.15, 0.2) is 67.0 Å². The van der Waals surface area contributed by atoms with Gasteiger partial charge < -0.3 is 20.4 Å². The normalized spacial score (nSPS) is 12.8. The molecule has 3 heterocycles. The maximum atomic E-state index is 12.6. The lowest BCUT2D eigenvalue weighted by Gasteiger charge is -2.20. The van der Waals surface area contributed by atoms with Crippen LogP contribution in [0.25, 0.3) is 10.9 Å². The second-order valence-electron chi connectivity index (χ2n) is 8.31. The maximum Gasteiger partial charge on any atom is 0.241 e. The van der Waals surface area contributed by atoms with Crippen molar-refractivity contribution in [2.75, 3.05) is 42.7 Å². The van der Waals surface area contributed by atoms with Gasteiger partial charge in [0.15, 0.2) is 0 Å². The first kappa shape index (κ1) is 20.8. The predicted octanol–water partition coefficient (Wildman–Crippen LogP) is 3.96. The van der Waals surface area contributed by atoms with E-state index < -0.39 is 0 Å². The van der Waals surface area contributed by atoms with Crippen molar-refractivity contribution in [1.82, 2.24) is 19.9 Å². The van der Waals surface area contributed by atoms with Crippen LogP contribution in [0.4, 0.5) is 28.8 Å². The zero-order valence-corrected chi connectivity index (χ0v) is 18.6. The largest absolute Gasteiger partial charge is 0.339 e. The van der Waals surface area contributed by atoms with Gasteiger partial charge in [0.2, 0.25) is 11.9 Å². The number of pyridine rings is 1. The minimum absolute atomic E-state index is 0.0994. The monoisotopic (exact) mass is 439 g/mol. The second kappa shape index (κ2) is 8.84. The van der Waals surface area contributed by atoms with E-state index in [1.54, 1.807) is 12.4 Å². The highest BCUT2D eigenvalue weighted by Gasteiger charge is 2.25. The Bertz CT molecular complexity index is 1320. The zero-order valence-electron chi connectivity index (χ0n) is 18.6. The quantitative estimate of drug-likeness (QED) is 0.470. The summed E-state index contributed by atoms with van der Waals surface area (Å²) >= 11 is 0. The van der Waals surface area contributed by atoms with Gasteiger partial charge in [-0.05, 0) is 56.4 Å². The number of nitrogens with zero attached hydrogens (tertiary/aromatic N) is 5. The Balaban J connectivity index is 1.33. The molecule has 1 aliphatic rings. The average molecular weight is 440 g/mol. The second-order valence-corrected chi connectivity index (χ2v) is 8.31. The third-order valence-electron chi connectivity index (χ3n) is 5.51. The van der Waals surface area contributed by atoms with Gasteiger partial charge in [0.25, 0.3) is 0 Å². The molecule has 0 fully saturated rings. The topological polar surface area (TPSA) is 86.3 Å². The molecule has 166 valence electrons. The number of rotatable bonds is 6. The number of hydrogen-bond acceptors (Lipinski definition) is 7. The summed E-state index contributed by atoms with van der Waals surface area (Å²) in [5.74, 6) is 1.23. The first-order valence-electron chi connectivity index (χ1n) is 10.8. The zero-order chi connectivity index (χ0) is 22.8. The lowest BCUT2D eigenvalue weighted by Crippen LogP contribution is -2.36. The van der Waals surface area contributed by atoms with E-state index >= 15 is 0 Å². The molecule has 1 aliphatic heterocycles. The summed E-state index contributed by atoms with van der Waals surface area (Å²) in [5, 5.41) is 7.61. The molecule has 1 amide bonds. The standard InChI is InChI=1S/C25H25N7O/c1-31(2)16-24(33)32-12-10-17-7-8-19(14-22(17)32)29-25-26-11-9-23(30-25)28-20-13-18-5-3-4-6-21(18)27-15-20/h3-9,11,13-15H,10,12,16H2,1-2H3,(H2,26,28,29,30). The number of carbonyl (C=O) groups excluding carboxylic acids is 1. The number of carbonyl (C=O) groups is 1. The summed E-state index contributed by atoms with van der Waals surface area (Å²) in [6.45, 7) is 1.10. The predicted molar refractivity (Wildman–Crippen MR) is 131 cm³/mol. The lowest BCUT2D eigenvalue weighted by molar-refractivity contribution is -0.119. The molecule has 8 heteroatoms.